The largest absolute Gasteiger partial charge is 0.447 e. The Kier molecular flexibility index (Phi) is 5.17. The lowest BCUT2D eigenvalue weighted by molar-refractivity contribution is 0.113. The molecule has 0 heterocycles. The third kappa shape index (κ3) is 5.77. The van der Waals surface area contributed by atoms with Crippen LogP contribution in [0.25, 0.3) is 0 Å². The van der Waals surface area contributed by atoms with E-state index in [1.165, 1.54) is 0 Å². The second-order valence-electron chi connectivity index (χ2n) is 3.02. The first kappa shape index (κ1) is 11.0. The fraction of sp³-hybridized carbons (Fsp3) is 0.667. The van der Waals surface area contributed by atoms with Gasteiger partial charge in [-0.25, -0.2) is 4.79 Å². The Balaban J connectivity index is 3.61. The Morgan fingerprint density at radius 3 is 2.58 bits per heavy atom. The van der Waals surface area contributed by atoms with E-state index in [1.54, 1.807) is 6.08 Å². The number of ether oxygens (including phenoxy) is 1. The lowest BCUT2D eigenvalue weighted by atomic mass is 10.2. The highest BCUT2D eigenvalue weighted by Gasteiger charge is 2.07. The molecule has 0 aliphatic rings. The summed E-state index contributed by atoms with van der Waals surface area (Å²) in [5, 5.41) is 2.68. The molecule has 0 aromatic heterocycles. The molecule has 1 amide bonds. The molecule has 1 unspecified atom stereocenters. The summed E-state index contributed by atoms with van der Waals surface area (Å²) in [6.07, 6.45) is 2.09. The SMILES string of the molecule is C=CCC(C)NC(=O)OC(C)C. The van der Waals surface area contributed by atoms with Crippen LogP contribution in [0.2, 0.25) is 0 Å². The summed E-state index contributed by atoms with van der Waals surface area (Å²) < 4.78 is 4.88. The van der Waals surface area contributed by atoms with E-state index in [1.807, 2.05) is 20.8 Å². The summed E-state index contributed by atoms with van der Waals surface area (Å²) in [4.78, 5) is 11.0. The molecule has 0 saturated carbocycles. The number of hydrogen-bond acceptors (Lipinski definition) is 2. The van der Waals surface area contributed by atoms with Crippen molar-refractivity contribution in [2.75, 3.05) is 0 Å². The molecular weight excluding hydrogens is 154 g/mol. The smallest absolute Gasteiger partial charge is 0.407 e. The van der Waals surface area contributed by atoms with Gasteiger partial charge in [-0.3, -0.25) is 0 Å². The minimum atomic E-state index is -0.362. The molecule has 0 aliphatic carbocycles. The van der Waals surface area contributed by atoms with Gasteiger partial charge in [-0.2, -0.15) is 0 Å². The Morgan fingerprint density at radius 1 is 1.58 bits per heavy atom. The van der Waals surface area contributed by atoms with Crippen LogP contribution in [0, 0.1) is 0 Å². The first-order valence-electron chi connectivity index (χ1n) is 4.14. The number of alkyl carbamates (subject to hydrolysis) is 1. The van der Waals surface area contributed by atoms with Crippen LogP contribution < -0.4 is 5.32 Å². The standard InChI is InChI=1S/C9H17NO2/c1-5-6-8(4)10-9(11)12-7(2)3/h5,7-8H,1,6H2,2-4H3,(H,10,11). The number of rotatable bonds is 4. The highest BCUT2D eigenvalue weighted by atomic mass is 16.6. The highest BCUT2D eigenvalue weighted by molar-refractivity contribution is 5.67. The van der Waals surface area contributed by atoms with E-state index in [0.29, 0.717) is 0 Å². The number of hydrogen-bond donors (Lipinski definition) is 1. The van der Waals surface area contributed by atoms with Crippen molar-refractivity contribution in [3.05, 3.63) is 12.7 Å². The molecule has 12 heavy (non-hydrogen) atoms. The Morgan fingerprint density at radius 2 is 2.17 bits per heavy atom. The fourth-order valence-corrected chi connectivity index (χ4v) is 0.758. The van der Waals surface area contributed by atoms with Crippen molar-refractivity contribution in [3.63, 3.8) is 0 Å². The maximum atomic E-state index is 11.0. The fourth-order valence-electron chi connectivity index (χ4n) is 0.758. The zero-order valence-corrected chi connectivity index (χ0v) is 7.96. The minimum absolute atomic E-state index is 0.0686. The minimum Gasteiger partial charge on any atom is -0.447 e. The second-order valence-corrected chi connectivity index (χ2v) is 3.02. The monoisotopic (exact) mass is 171 g/mol. The van der Waals surface area contributed by atoms with Gasteiger partial charge in [0.2, 0.25) is 0 Å². The topological polar surface area (TPSA) is 38.3 Å². The summed E-state index contributed by atoms with van der Waals surface area (Å²) in [7, 11) is 0. The molecule has 1 atom stereocenters. The molecule has 3 heteroatoms. The van der Waals surface area contributed by atoms with E-state index >= 15 is 0 Å². The zero-order chi connectivity index (χ0) is 9.56. The van der Waals surface area contributed by atoms with Crippen molar-refractivity contribution in [1.82, 2.24) is 5.32 Å². The number of nitrogens with one attached hydrogen (secondary N) is 1. The molecule has 0 bridgehead atoms. The summed E-state index contributed by atoms with van der Waals surface area (Å²) in [6.45, 7) is 9.12. The molecule has 0 rings (SSSR count). The number of carbonyl (C=O) groups excluding carboxylic acids is 1. The van der Waals surface area contributed by atoms with E-state index in [2.05, 4.69) is 11.9 Å². The maximum Gasteiger partial charge on any atom is 0.407 e. The van der Waals surface area contributed by atoms with Crippen LogP contribution in [-0.4, -0.2) is 18.2 Å². The highest BCUT2D eigenvalue weighted by Crippen LogP contribution is 1.94. The van der Waals surface area contributed by atoms with Crippen molar-refractivity contribution in [1.29, 1.82) is 0 Å². The lowest BCUT2D eigenvalue weighted by Crippen LogP contribution is -2.34. The molecule has 0 aromatic carbocycles. The molecular formula is C9H17NO2. The Labute approximate surface area is 73.8 Å². The van der Waals surface area contributed by atoms with Crippen LogP contribution in [0.3, 0.4) is 0 Å². The molecule has 0 radical (unpaired) electrons. The quantitative estimate of drug-likeness (QED) is 0.658. The normalized spacial score (nSPS) is 12.3. The summed E-state index contributed by atoms with van der Waals surface area (Å²) >= 11 is 0. The molecule has 0 aliphatic heterocycles. The van der Waals surface area contributed by atoms with Crippen molar-refractivity contribution in [3.8, 4) is 0 Å². The molecule has 0 saturated heterocycles. The van der Waals surface area contributed by atoms with Gasteiger partial charge in [0.25, 0.3) is 0 Å². The Bertz CT molecular complexity index is 155. The molecule has 70 valence electrons. The van der Waals surface area contributed by atoms with Crippen LogP contribution in [0.5, 0.6) is 0 Å². The van der Waals surface area contributed by atoms with Crippen molar-refractivity contribution in [2.24, 2.45) is 0 Å². The van der Waals surface area contributed by atoms with E-state index in [-0.39, 0.29) is 18.2 Å². The molecule has 0 aromatic rings. The van der Waals surface area contributed by atoms with Crippen LogP contribution in [-0.2, 0) is 4.74 Å². The van der Waals surface area contributed by atoms with Crippen LogP contribution in [0.15, 0.2) is 12.7 Å². The van der Waals surface area contributed by atoms with Gasteiger partial charge in [0, 0.05) is 6.04 Å². The van der Waals surface area contributed by atoms with Gasteiger partial charge >= 0.3 is 6.09 Å². The van der Waals surface area contributed by atoms with Gasteiger partial charge in [-0.15, -0.1) is 6.58 Å². The van der Waals surface area contributed by atoms with Gasteiger partial charge in [-0.1, -0.05) is 6.08 Å². The molecule has 0 spiro atoms. The second kappa shape index (κ2) is 5.63. The molecule has 0 fully saturated rings. The van der Waals surface area contributed by atoms with Crippen LogP contribution in [0.4, 0.5) is 4.79 Å². The van der Waals surface area contributed by atoms with Crippen molar-refractivity contribution < 1.29 is 9.53 Å². The first-order chi connectivity index (χ1) is 5.56. The van der Waals surface area contributed by atoms with E-state index < -0.39 is 0 Å². The predicted octanol–water partition coefficient (Wildman–Crippen LogP) is 2.09. The lowest BCUT2D eigenvalue weighted by Gasteiger charge is -2.13. The average molecular weight is 171 g/mol. The third-order valence-electron chi connectivity index (χ3n) is 1.23. The van der Waals surface area contributed by atoms with Crippen LogP contribution in [0.1, 0.15) is 27.2 Å². The number of carbonyl (C=O) groups is 1. The molecule has 1 N–H and O–H groups in total. The van der Waals surface area contributed by atoms with Gasteiger partial charge in [0.1, 0.15) is 0 Å². The number of amides is 1. The van der Waals surface area contributed by atoms with E-state index in [0.717, 1.165) is 6.42 Å². The summed E-state index contributed by atoms with van der Waals surface area (Å²) in [5.74, 6) is 0. The Hall–Kier alpha value is -0.990. The summed E-state index contributed by atoms with van der Waals surface area (Å²) in [5.41, 5.74) is 0. The maximum absolute atomic E-state index is 11.0. The molecule has 3 nitrogen and oxygen atoms in total. The van der Waals surface area contributed by atoms with Crippen molar-refractivity contribution in [2.45, 2.75) is 39.3 Å². The van der Waals surface area contributed by atoms with E-state index in [9.17, 15) is 4.79 Å². The van der Waals surface area contributed by atoms with Gasteiger partial charge in [0.05, 0.1) is 6.10 Å². The first-order valence-corrected chi connectivity index (χ1v) is 4.14. The third-order valence-corrected chi connectivity index (χ3v) is 1.23. The van der Waals surface area contributed by atoms with Crippen LogP contribution >= 0.6 is 0 Å². The van der Waals surface area contributed by atoms with Gasteiger partial charge < -0.3 is 10.1 Å². The van der Waals surface area contributed by atoms with Crippen molar-refractivity contribution >= 4 is 6.09 Å². The van der Waals surface area contributed by atoms with Gasteiger partial charge in [0.15, 0.2) is 0 Å². The average Bonchev–Trinajstić information content (AvgIpc) is 1.84. The summed E-state index contributed by atoms with van der Waals surface area (Å²) in [6, 6.07) is 0.0914. The van der Waals surface area contributed by atoms with Gasteiger partial charge in [-0.05, 0) is 27.2 Å². The predicted molar refractivity (Wildman–Crippen MR) is 49.0 cm³/mol. The van der Waals surface area contributed by atoms with E-state index in [4.69, 9.17) is 4.74 Å². The zero-order valence-electron chi connectivity index (χ0n) is 7.96.